The summed E-state index contributed by atoms with van der Waals surface area (Å²) in [6.07, 6.45) is 10.4. The maximum Gasteiger partial charge on any atom is 0.332 e. The van der Waals surface area contributed by atoms with Crippen molar-refractivity contribution in [1.29, 1.82) is 0 Å². The first-order valence-electron chi connectivity index (χ1n) is 6.71. The van der Waals surface area contributed by atoms with Gasteiger partial charge in [0, 0.05) is 6.61 Å². The molecular weight excluding hydrogens is 216 g/mol. The quantitative estimate of drug-likeness (QED) is 0.443. The summed E-state index contributed by atoms with van der Waals surface area (Å²) in [6, 6.07) is 0. The Hall–Kier alpha value is -0.830. The van der Waals surface area contributed by atoms with Gasteiger partial charge < -0.3 is 9.84 Å². The highest BCUT2D eigenvalue weighted by Crippen LogP contribution is 2.07. The molecule has 0 aliphatic rings. The lowest BCUT2D eigenvalue weighted by atomic mass is 10.1. The molecule has 0 heterocycles. The van der Waals surface area contributed by atoms with Gasteiger partial charge in [0.2, 0.25) is 0 Å². The number of aliphatic carboxylic acids is 1. The molecule has 1 atom stereocenters. The van der Waals surface area contributed by atoms with Crippen molar-refractivity contribution < 1.29 is 14.6 Å². The Labute approximate surface area is 105 Å². The van der Waals surface area contributed by atoms with E-state index in [0.717, 1.165) is 38.5 Å². The standard InChI is InChI=1S/C14H26O3/c1-3-5-7-8-9-10-12-17-13(14(15)16)11-6-4-2/h5,7,13H,3-4,6,8-12H2,1-2H3,(H,15,16)/b7-5-. The minimum atomic E-state index is -0.829. The molecule has 0 aromatic rings. The van der Waals surface area contributed by atoms with E-state index >= 15 is 0 Å². The Morgan fingerprint density at radius 1 is 1.24 bits per heavy atom. The predicted octanol–water partition coefficient (Wildman–Crippen LogP) is 3.78. The fourth-order valence-corrected chi connectivity index (χ4v) is 1.54. The second kappa shape index (κ2) is 11.6. The van der Waals surface area contributed by atoms with Gasteiger partial charge in [-0.15, -0.1) is 0 Å². The number of ether oxygens (including phenoxy) is 1. The molecule has 17 heavy (non-hydrogen) atoms. The van der Waals surface area contributed by atoms with Crippen LogP contribution in [0.5, 0.6) is 0 Å². The first-order chi connectivity index (χ1) is 8.22. The molecule has 1 N–H and O–H groups in total. The predicted molar refractivity (Wildman–Crippen MR) is 70.2 cm³/mol. The summed E-state index contributed by atoms with van der Waals surface area (Å²) in [5.41, 5.74) is 0. The fourth-order valence-electron chi connectivity index (χ4n) is 1.54. The molecule has 0 aromatic heterocycles. The molecule has 1 unspecified atom stereocenters. The highest BCUT2D eigenvalue weighted by molar-refractivity contribution is 5.72. The number of carboxylic acids is 1. The summed E-state index contributed by atoms with van der Waals surface area (Å²) in [4.78, 5) is 10.9. The molecule has 100 valence electrons. The van der Waals surface area contributed by atoms with Crippen molar-refractivity contribution in [3.8, 4) is 0 Å². The molecule has 0 saturated carbocycles. The Kier molecular flexibility index (Phi) is 11.1. The Morgan fingerprint density at radius 3 is 2.59 bits per heavy atom. The topological polar surface area (TPSA) is 46.5 Å². The highest BCUT2D eigenvalue weighted by atomic mass is 16.5. The molecule has 0 amide bonds. The van der Waals surface area contributed by atoms with Crippen LogP contribution in [0, 0.1) is 0 Å². The van der Waals surface area contributed by atoms with E-state index < -0.39 is 12.1 Å². The molecule has 0 spiro atoms. The molecule has 0 rings (SSSR count). The van der Waals surface area contributed by atoms with Crippen LogP contribution in [-0.4, -0.2) is 23.8 Å². The zero-order chi connectivity index (χ0) is 12.9. The summed E-state index contributed by atoms with van der Waals surface area (Å²) in [5.74, 6) is -0.829. The molecule has 0 fully saturated rings. The van der Waals surface area contributed by atoms with E-state index in [1.807, 2.05) is 0 Å². The maximum absolute atomic E-state index is 10.9. The average molecular weight is 242 g/mol. The smallest absolute Gasteiger partial charge is 0.332 e. The first kappa shape index (κ1) is 16.2. The minimum absolute atomic E-state index is 0.556. The van der Waals surface area contributed by atoms with Crippen LogP contribution in [0.4, 0.5) is 0 Å². The van der Waals surface area contributed by atoms with Crippen LogP contribution in [-0.2, 0) is 9.53 Å². The highest BCUT2D eigenvalue weighted by Gasteiger charge is 2.16. The van der Waals surface area contributed by atoms with Gasteiger partial charge in [-0.05, 0) is 32.1 Å². The van der Waals surface area contributed by atoms with Gasteiger partial charge >= 0.3 is 5.97 Å². The Bertz CT molecular complexity index is 212. The van der Waals surface area contributed by atoms with Crippen LogP contribution in [0.1, 0.15) is 58.8 Å². The van der Waals surface area contributed by atoms with Gasteiger partial charge in [-0.1, -0.05) is 38.8 Å². The second-order valence-corrected chi connectivity index (χ2v) is 4.22. The molecule has 0 aliphatic carbocycles. The lowest BCUT2D eigenvalue weighted by Gasteiger charge is -2.12. The van der Waals surface area contributed by atoms with E-state index in [9.17, 15) is 4.79 Å². The second-order valence-electron chi connectivity index (χ2n) is 4.22. The summed E-state index contributed by atoms with van der Waals surface area (Å²) < 4.78 is 5.39. The van der Waals surface area contributed by atoms with Crippen LogP contribution in [0.25, 0.3) is 0 Å². The van der Waals surface area contributed by atoms with Crippen LogP contribution in [0.2, 0.25) is 0 Å². The monoisotopic (exact) mass is 242 g/mol. The zero-order valence-corrected chi connectivity index (χ0v) is 11.2. The number of allylic oxidation sites excluding steroid dienone is 2. The van der Waals surface area contributed by atoms with Crippen LogP contribution in [0.15, 0.2) is 12.2 Å². The van der Waals surface area contributed by atoms with Gasteiger partial charge in [-0.25, -0.2) is 4.79 Å². The molecule has 0 radical (unpaired) electrons. The van der Waals surface area contributed by atoms with Crippen LogP contribution in [0.3, 0.4) is 0 Å². The van der Waals surface area contributed by atoms with Crippen molar-refractivity contribution in [3.05, 3.63) is 12.2 Å². The summed E-state index contributed by atoms with van der Waals surface area (Å²) >= 11 is 0. The molecule has 3 nitrogen and oxygen atoms in total. The summed E-state index contributed by atoms with van der Waals surface area (Å²) in [7, 11) is 0. The van der Waals surface area contributed by atoms with Crippen LogP contribution < -0.4 is 0 Å². The number of carboxylic acid groups (broad SMARTS) is 1. The minimum Gasteiger partial charge on any atom is -0.479 e. The normalized spacial score (nSPS) is 13.1. The molecule has 0 saturated heterocycles. The lowest BCUT2D eigenvalue weighted by Crippen LogP contribution is -2.24. The van der Waals surface area contributed by atoms with Gasteiger partial charge in [0.05, 0.1) is 0 Å². The molecule has 3 heteroatoms. The van der Waals surface area contributed by atoms with E-state index in [4.69, 9.17) is 9.84 Å². The van der Waals surface area contributed by atoms with Gasteiger partial charge in [-0.3, -0.25) is 0 Å². The van der Waals surface area contributed by atoms with E-state index in [1.165, 1.54) is 0 Å². The van der Waals surface area contributed by atoms with Crippen molar-refractivity contribution in [2.75, 3.05) is 6.61 Å². The maximum atomic E-state index is 10.9. The van der Waals surface area contributed by atoms with Gasteiger partial charge in [-0.2, -0.15) is 0 Å². The average Bonchev–Trinajstić information content (AvgIpc) is 2.31. The van der Waals surface area contributed by atoms with E-state index in [2.05, 4.69) is 26.0 Å². The third-order valence-electron chi connectivity index (χ3n) is 2.58. The lowest BCUT2D eigenvalue weighted by molar-refractivity contribution is -0.151. The molecule has 0 aromatic carbocycles. The summed E-state index contributed by atoms with van der Waals surface area (Å²) in [6.45, 7) is 4.73. The van der Waals surface area contributed by atoms with Gasteiger partial charge in [0.1, 0.15) is 0 Å². The first-order valence-corrected chi connectivity index (χ1v) is 6.71. The summed E-state index contributed by atoms with van der Waals surface area (Å²) in [5, 5.41) is 8.94. The Morgan fingerprint density at radius 2 is 2.00 bits per heavy atom. The zero-order valence-electron chi connectivity index (χ0n) is 11.2. The van der Waals surface area contributed by atoms with Crippen molar-refractivity contribution >= 4 is 5.97 Å². The van der Waals surface area contributed by atoms with E-state index in [1.54, 1.807) is 0 Å². The SMILES string of the molecule is CC/C=C\CCCCOC(CCCC)C(=O)O. The molecule has 0 bridgehead atoms. The number of hydrogen-bond donors (Lipinski definition) is 1. The third kappa shape index (κ3) is 10.1. The largest absolute Gasteiger partial charge is 0.479 e. The van der Waals surface area contributed by atoms with Gasteiger partial charge in [0.15, 0.2) is 6.10 Å². The van der Waals surface area contributed by atoms with Gasteiger partial charge in [0.25, 0.3) is 0 Å². The van der Waals surface area contributed by atoms with Crippen molar-refractivity contribution in [2.45, 2.75) is 64.9 Å². The Balaban J connectivity index is 3.54. The fraction of sp³-hybridized carbons (Fsp3) is 0.786. The number of rotatable bonds is 11. The van der Waals surface area contributed by atoms with Crippen LogP contribution >= 0.6 is 0 Å². The molecule has 0 aliphatic heterocycles. The number of carbonyl (C=O) groups is 1. The van der Waals surface area contributed by atoms with E-state index in [-0.39, 0.29) is 0 Å². The van der Waals surface area contributed by atoms with E-state index in [0.29, 0.717) is 13.0 Å². The van der Waals surface area contributed by atoms with Crippen molar-refractivity contribution in [2.24, 2.45) is 0 Å². The number of hydrogen-bond acceptors (Lipinski definition) is 2. The van der Waals surface area contributed by atoms with Crippen molar-refractivity contribution in [3.63, 3.8) is 0 Å². The third-order valence-corrected chi connectivity index (χ3v) is 2.58. The number of unbranched alkanes of at least 4 members (excludes halogenated alkanes) is 3. The van der Waals surface area contributed by atoms with Crippen molar-refractivity contribution in [1.82, 2.24) is 0 Å². The molecular formula is C14H26O3.